The SMILES string of the molecule is CC(C)NS(=O)(=O)Nc1cccc(F)c1C#N. The summed E-state index contributed by atoms with van der Waals surface area (Å²) in [5, 5.41) is 8.73. The Morgan fingerprint density at radius 1 is 1.41 bits per heavy atom. The molecule has 0 saturated heterocycles. The molecule has 1 rings (SSSR count). The Morgan fingerprint density at radius 2 is 2.06 bits per heavy atom. The van der Waals surface area contributed by atoms with E-state index in [9.17, 15) is 12.8 Å². The molecule has 0 amide bonds. The standard InChI is InChI=1S/C10H12FN3O2S/c1-7(2)13-17(15,16)14-10-5-3-4-9(11)8(10)6-12/h3-5,7,13-14H,1-2H3. The van der Waals surface area contributed by atoms with Crippen molar-refractivity contribution in [2.45, 2.75) is 19.9 Å². The first kappa shape index (κ1) is 13.4. The van der Waals surface area contributed by atoms with Gasteiger partial charge in [-0.25, -0.2) is 4.39 Å². The lowest BCUT2D eigenvalue weighted by Gasteiger charge is -2.12. The molecule has 0 aliphatic carbocycles. The van der Waals surface area contributed by atoms with Crippen LogP contribution >= 0.6 is 0 Å². The fraction of sp³-hybridized carbons (Fsp3) is 0.300. The zero-order chi connectivity index (χ0) is 13.1. The molecule has 92 valence electrons. The summed E-state index contributed by atoms with van der Waals surface area (Å²) in [6, 6.07) is 5.04. The van der Waals surface area contributed by atoms with Crippen molar-refractivity contribution < 1.29 is 12.8 Å². The maximum atomic E-state index is 13.2. The molecule has 1 aromatic rings. The van der Waals surface area contributed by atoms with Crippen LogP contribution in [0.5, 0.6) is 0 Å². The van der Waals surface area contributed by atoms with Gasteiger partial charge in [-0.3, -0.25) is 4.72 Å². The molecule has 7 heteroatoms. The summed E-state index contributed by atoms with van der Waals surface area (Å²) in [6.07, 6.45) is 0. The minimum absolute atomic E-state index is 0.0827. The van der Waals surface area contributed by atoms with Crippen molar-refractivity contribution in [3.63, 3.8) is 0 Å². The summed E-state index contributed by atoms with van der Waals surface area (Å²) in [4.78, 5) is 0. The highest BCUT2D eigenvalue weighted by molar-refractivity contribution is 7.90. The quantitative estimate of drug-likeness (QED) is 0.854. The second kappa shape index (κ2) is 5.12. The Labute approximate surface area is 99.4 Å². The third-order valence-electron chi connectivity index (χ3n) is 1.76. The molecule has 0 aromatic heterocycles. The van der Waals surface area contributed by atoms with Gasteiger partial charge in [0.15, 0.2) is 0 Å². The number of nitrogens with zero attached hydrogens (tertiary/aromatic N) is 1. The normalized spacial score (nSPS) is 11.2. The molecule has 5 nitrogen and oxygen atoms in total. The summed E-state index contributed by atoms with van der Waals surface area (Å²) in [5.74, 6) is -0.766. The van der Waals surface area contributed by atoms with Crippen LogP contribution in [0.2, 0.25) is 0 Å². The second-order valence-electron chi connectivity index (χ2n) is 3.65. The highest BCUT2D eigenvalue weighted by atomic mass is 32.2. The number of nitriles is 1. The highest BCUT2D eigenvalue weighted by Crippen LogP contribution is 2.18. The topological polar surface area (TPSA) is 82.0 Å². The predicted octanol–water partition coefficient (Wildman–Crippen LogP) is 1.35. The molecule has 0 unspecified atom stereocenters. The first-order valence-electron chi connectivity index (χ1n) is 4.84. The van der Waals surface area contributed by atoms with Crippen LogP contribution in [-0.2, 0) is 10.2 Å². The maximum Gasteiger partial charge on any atom is 0.299 e. The van der Waals surface area contributed by atoms with Gasteiger partial charge in [0.25, 0.3) is 10.2 Å². The van der Waals surface area contributed by atoms with E-state index in [1.54, 1.807) is 19.9 Å². The van der Waals surface area contributed by atoms with E-state index in [1.165, 1.54) is 12.1 Å². The van der Waals surface area contributed by atoms with E-state index >= 15 is 0 Å². The van der Waals surface area contributed by atoms with Gasteiger partial charge < -0.3 is 0 Å². The molecule has 0 bridgehead atoms. The summed E-state index contributed by atoms with van der Waals surface area (Å²) in [5.41, 5.74) is -0.415. The van der Waals surface area contributed by atoms with Crippen LogP contribution in [0.25, 0.3) is 0 Å². The third kappa shape index (κ3) is 3.69. The number of nitrogens with one attached hydrogen (secondary N) is 2. The Balaban J connectivity index is 3.05. The van der Waals surface area contributed by atoms with Crippen LogP contribution < -0.4 is 9.44 Å². The number of rotatable bonds is 4. The Bertz CT molecular complexity index is 549. The largest absolute Gasteiger partial charge is 0.299 e. The van der Waals surface area contributed by atoms with Crippen molar-refractivity contribution in [2.24, 2.45) is 0 Å². The van der Waals surface area contributed by atoms with Gasteiger partial charge in [0.05, 0.1) is 5.69 Å². The van der Waals surface area contributed by atoms with Gasteiger partial charge in [0, 0.05) is 6.04 Å². The molecule has 0 spiro atoms. The minimum atomic E-state index is -3.80. The van der Waals surface area contributed by atoms with Crippen molar-refractivity contribution in [1.82, 2.24) is 4.72 Å². The van der Waals surface area contributed by atoms with Crippen molar-refractivity contribution in [3.8, 4) is 6.07 Å². The van der Waals surface area contributed by atoms with Gasteiger partial charge in [0.2, 0.25) is 0 Å². The van der Waals surface area contributed by atoms with Gasteiger partial charge >= 0.3 is 0 Å². The smallest absolute Gasteiger partial charge is 0.270 e. The average Bonchev–Trinajstić information content (AvgIpc) is 2.14. The van der Waals surface area contributed by atoms with Crippen LogP contribution in [0.1, 0.15) is 19.4 Å². The van der Waals surface area contributed by atoms with Crippen LogP contribution in [-0.4, -0.2) is 14.5 Å². The number of hydrogen-bond donors (Lipinski definition) is 2. The Hall–Kier alpha value is -1.65. The molecule has 17 heavy (non-hydrogen) atoms. The predicted molar refractivity (Wildman–Crippen MR) is 61.9 cm³/mol. The zero-order valence-electron chi connectivity index (χ0n) is 9.36. The lowest BCUT2D eigenvalue weighted by molar-refractivity contribution is 0.575. The van der Waals surface area contributed by atoms with E-state index in [1.807, 2.05) is 0 Å². The summed E-state index contributed by atoms with van der Waals surface area (Å²) in [6.45, 7) is 3.30. The van der Waals surface area contributed by atoms with Crippen molar-refractivity contribution in [3.05, 3.63) is 29.6 Å². The molecule has 2 N–H and O–H groups in total. The lowest BCUT2D eigenvalue weighted by Crippen LogP contribution is -2.35. The molecule has 0 fully saturated rings. The molecule has 0 aliphatic rings. The van der Waals surface area contributed by atoms with Crippen LogP contribution in [0, 0.1) is 17.1 Å². The van der Waals surface area contributed by atoms with E-state index < -0.39 is 16.0 Å². The molecule has 0 atom stereocenters. The van der Waals surface area contributed by atoms with Gasteiger partial charge in [-0.2, -0.15) is 18.4 Å². The van der Waals surface area contributed by atoms with Gasteiger partial charge in [0.1, 0.15) is 17.4 Å². The lowest BCUT2D eigenvalue weighted by atomic mass is 10.2. The molecular formula is C10H12FN3O2S. The molecule has 0 aliphatic heterocycles. The Kier molecular flexibility index (Phi) is 4.04. The van der Waals surface area contributed by atoms with E-state index in [0.717, 1.165) is 6.07 Å². The van der Waals surface area contributed by atoms with Crippen LogP contribution in [0.4, 0.5) is 10.1 Å². The first-order chi connectivity index (χ1) is 7.85. The third-order valence-corrected chi connectivity index (χ3v) is 3.03. The fourth-order valence-corrected chi connectivity index (χ4v) is 2.35. The van der Waals surface area contributed by atoms with E-state index in [-0.39, 0.29) is 17.3 Å². The number of hydrogen-bond acceptors (Lipinski definition) is 3. The molecule has 0 radical (unpaired) electrons. The van der Waals surface area contributed by atoms with E-state index in [2.05, 4.69) is 9.44 Å². The second-order valence-corrected chi connectivity index (χ2v) is 5.10. The minimum Gasteiger partial charge on any atom is -0.270 e. The van der Waals surface area contributed by atoms with Gasteiger partial charge in [-0.1, -0.05) is 6.07 Å². The maximum absolute atomic E-state index is 13.2. The van der Waals surface area contributed by atoms with Crippen molar-refractivity contribution in [2.75, 3.05) is 4.72 Å². The first-order valence-corrected chi connectivity index (χ1v) is 6.32. The van der Waals surface area contributed by atoms with Crippen LogP contribution in [0.3, 0.4) is 0 Å². The zero-order valence-corrected chi connectivity index (χ0v) is 10.2. The molecule has 1 aromatic carbocycles. The molecule has 0 heterocycles. The van der Waals surface area contributed by atoms with Gasteiger partial charge in [-0.15, -0.1) is 0 Å². The fourth-order valence-electron chi connectivity index (χ4n) is 1.21. The van der Waals surface area contributed by atoms with Crippen molar-refractivity contribution in [1.29, 1.82) is 5.26 Å². The van der Waals surface area contributed by atoms with Gasteiger partial charge in [-0.05, 0) is 26.0 Å². The monoisotopic (exact) mass is 257 g/mol. The number of anilines is 1. The Morgan fingerprint density at radius 3 is 2.59 bits per heavy atom. The summed E-state index contributed by atoms with van der Waals surface area (Å²) in [7, 11) is -3.80. The number of benzene rings is 1. The summed E-state index contributed by atoms with van der Waals surface area (Å²) >= 11 is 0. The van der Waals surface area contributed by atoms with E-state index in [0.29, 0.717) is 0 Å². The van der Waals surface area contributed by atoms with Crippen LogP contribution in [0.15, 0.2) is 18.2 Å². The molecule has 0 saturated carbocycles. The van der Waals surface area contributed by atoms with Crippen molar-refractivity contribution >= 4 is 15.9 Å². The average molecular weight is 257 g/mol. The summed E-state index contributed by atoms with van der Waals surface area (Å²) < 4.78 is 40.7. The number of halogens is 1. The van der Waals surface area contributed by atoms with E-state index in [4.69, 9.17) is 5.26 Å². The molecular weight excluding hydrogens is 245 g/mol. The highest BCUT2D eigenvalue weighted by Gasteiger charge is 2.15.